The first-order valence-corrected chi connectivity index (χ1v) is 9.97. The SMILES string of the molecule is CCOC(=O)c1c(C)c(C(=O)C(C)N(CC)C(=O)c2ccccc2Cl)c(C)n1C. The molecule has 1 aromatic heterocycles. The Hall–Kier alpha value is -2.60. The van der Waals surface area contributed by atoms with Crippen LogP contribution in [0.4, 0.5) is 0 Å². The molecule has 0 aliphatic rings. The monoisotopic (exact) mass is 418 g/mol. The van der Waals surface area contributed by atoms with Crippen LogP contribution in [0.5, 0.6) is 0 Å². The second-order valence-electron chi connectivity index (χ2n) is 6.82. The Balaban J connectivity index is 2.43. The fraction of sp³-hybridized carbons (Fsp3) is 0.409. The van der Waals surface area contributed by atoms with Gasteiger partial charge in [-0.3, -0.25) is 9.59 Å². The van der Waals surface area contributed by atoms with Crippen LogP contribution in [-0.2, 0) is 11.8 Å². The molecule has 29 heavy (non-hydrogen) atoms. The van der Waals surface area contributed by atoms with Crippen molar-refractivity contribution >= 4 is 29.3 Å². The van der Waals surface area contributed by atoms with Crippen LogP contribution in [0.2, 0.25) is 5.02 Å². The third-order valence-corrected chi connectivity index (χ3v) is 5.53. The predicted octanol–water partition coefficient (Wildman–Crippen LogP) is 4.21. The molecule has 0 fully saturated rings. The number of Topliss-reactive ketones (excluding diaryl/α,β-unsaturated/α-hetero) is 1. The average molecular weight is 419 g/mol. The maximum absolute atomic E-state index is 13.4. The number of halogens is 1. The highest BCUT2D eigenvalue weighted by molar-refractivity contribution is 6.33. The van der Waals surface area contributed by atoms with Gasteiger partial charge in [-0.1, -0.05) is 23.7 Å². The molecule has 0 saturated heterocycles. The van der Waals surface area contributed by atoms with Crippen LogP contribution < -0.4 is 0 Å². The number of benzene rings is 1. The van der Waals surface area contributed by atoms with Crippen molar-refractivity contribution in [3.8, 4) is 0 Å². The second-order valence-corrected chi connectivity index (χ2v) is 7.23. The van der Waals surface area contributed by atoms with Gasteiger partial charge in [0.25, 0.3) is 5.91 Å². The lowest BCUT2D eigenvalue weighted by molar-refractivity contribution is 0.0513. The van der Waals surface area contributed by atoms with Crippen molar-refractivity contribution in [2.24, 2.45) is 7.05 Å². The number of carbonyl (C=O) groups excluding carboxylic acids is 3. The Kier molecular flexibility index (Phi) is 7.25. The van der Waals surface area contributed by atoms with Gasteiger partial charge in [0.1, 0.15) is 5.69 Å². The minimum Gasteiger partial charge on any atom is -0.461 e. The van der Waals surface area contributed by atoms with Crippen molar-refractivity contribution < 1.29 is 19.1 Å². The summed E-state index contributed by atoms with van der Waals surface area (Å²) in [7, 11) is 1.72. The lowest BCUT2D eigenvalue weighted by Gasteiger charge is -2.27. The van der Waals surface area contributed by atoms with Crippen LogP contribution in [0.15, 0.2) is 24.3 Å². The number of amides is 1. The Morgan fingerprint density at radius 2 is 1.79 bits per heavy atom. The molecule has 0 radical (unpaired) electrons. The van der Waals surface area contributed by atoms with Crippen LogP contribution in [0, 0.1) is 13.8 Å². The zero-order chi connectivity index (χ0) is 21.9. The molecular formula is C22H27ClN2O4. The van der Waals surface area contributed by atoms with Crippen molar-refractivity contribution in [1.82, 2.24) is 9.47 Å². The molecular weight excluding hydrogens is 392 g/mol. The van der Waals surface area contributed by atoms with Gasteiger partial charge in [0, 0.05) is 24.8 Å². The van der Waals surface area contributed by atoms with Gasteiger partial charge in [0.15, 0.2) is 5.78 Å². The highest BCUT2D eigenvalue weighted by Gasteiger charge is 2.32. The van der Waals surface area contributed by atoms with Gasteiger partial charge in [0.05, 0.1) is 23.2 Å². The third-order valence-electron chi connectivity index (χ3n) is 5.20. The first-order chi connectivity index (χ1) is 13.7. The topological polar surface area (TPSA) is 68.6 Å². The summed E-state index contributed by atoms with van der Waals surface area (Å²) in [6.45, 7) is 9.33. The lowest BCUT2D eigenvalue weighted by Crippen LogP contribution is -2.43. The van der Waals surface area contributed by atoms with E-state index in [1.54, 1.807) is 63.6 Å². The predicted molar refractivity (Wildman–Crippen MR) is 113 cm³/mol. The first-order valence-electron chi connectivity index (χ1n) is 9.59. The van der Waals surface area contributed by atoms with Crippen LogP contribution in [0.25, 0.3) is 0 Å². The Bertz CT molecular complexity index is 949. The van der Waals surface area contributed by atoms with E-state index >= 15 is 0 Å². The third kappa shape index (κ3) is 4.22. The normalized spacial score (nSPS) is 11.8. The van der Waals surface area contributed by atoms with Crippen molar-refractivity contribution in [1.29, 1.82) is 0 Å². The zero-order valence-electron chi connectivity index (χ0n) is 17.7. The molecule has 1 aromatic carbocycles. The van der Waals surface area contributed by atoms with Gasteiger partial charge in [-0.2, -0.15) is 0 Å². The minimum absolute atomic E-state index is 0.228. The molecule has 2 aromatic rings. The minimum atomic E-state index is -0.724. The van der Waals surface area contributed by atoms with Crippen LogP contribution in [0.3, 0.4) is 0 Å². The number of likely N-dealkylation sites (N-methyl/N-ethyl adjacent to an activating group) is 1. The number of ether oxygens (including phenoxy) is 1. The summed E-state index contributed by atoms with van der Waals surface area (Å²) in [5.41, 5.74) is 2.35. The molecule has 1 unspecified atom stereocenters. The Labute approximate surface area is 176 Å². The molecule has 0 bridgehead atoms. The summed E-state index contributed by atoms with van der Waals surface area (Å²) in [4.78, 5) is 40.2. The van der Waals surface area contributed by atoms with E-state index in [2.05, 4.69) is 0 Å². The smallest absolute Gasteiger partial charge is 0.355 e. The number of rotatable bonds is 7. The van der Waals surface area contributed by atoms with Gasteiger partial charge < -0.3 is 14.2 Å². The second kappa shape index (κ2) is 9.27. The molecule has 1 atom stereocenters. The maximum atomic E-state index is 13.4. The fourth-order valence-electron chi connectivity index (χ4n) is 3.56. The van der Waals surface area contributed by atoms with Crippen molar-refractivity contribution in [3.05, 3.63) is 57.4 Å². The van der Waals surface area contributed by atoms with E-state index in [0.29, 0.717) is 39.6 Å². The molecule has 0 saturated carbocycles. The van der Waals surface area contributed by atoms with Crippen LogP contribution in [-0.4, -0.2) is 46.3 Å². The number of carbonyl (C=O) groups is 3. The fourth-order valence-corrected chi connectivity index (χ4v) is 3.78. The van der Waals surface area contributed by atoms with E-state index in [1.165, 1.54) is 4.90 Å². The van der Waals surface area contributed by atoms with E-state index in [4.69, 9.17) is 16.3 Å². The summed E-state index contributed by atoms with van der Waals surface area (Å²) < 4.78 is 6.79. The first kappa shape index (κ1) is 22.7. The van der Waals surface area contributed by atoms with Crippen molar-refractivity contribution in [2.45, 2.75) is 40.7 Å². The van der Waals surface area contributed by atoms with E-state index < -0.39 is 12.0 Å². The van der Waals surface area contributed by atoms with Crippen molar-refractivity contribution in [2.75, 3.05) is 13.2 Å². The largest absolute Gasteiger partial charge is 0.461 e. The number of hydrogen-bond acceptors (Lipinski definition) is 4. The van der Waals surface area contributed by atoms with Gasteiger partial charge in [-0.25, -0.2) is 4.79 Å². The molecule has 0 aliphatic heterocycles. The standard InChI is InChI=1S/C22H27ClN2O4/c1-7-25(21(27)16-11-9-10-12-17(16)23)15(5)20(26)18-13(3)19(22(28)29-8-2)24(6)14(18)4/h9-12,15H,7-8H2,1-6H3. The molecule has 0 N–H and O–H groups in total. The molecule has 1 heterocycles. The molecule has 1 amide bonds. The number of nitrogens with zero attached hydrogens (tertiary/aromatic N) is 2. The summed E-state index contributed by atoms with van der Waals surface area (Å²) in [6, 6.07) is 6.04. The molecule has 6 nitrogen and oxygen atoms in total. The quantitative estimate of drug-likeness (QED) is 0.499. The molecule has 7 heteroatoms. The van der Waals surface area contributed by atoms with E-state index in [1.807, 2.05) is 6.92 Å². The summed E-state index contributed by atoms with van der Waals surface area (Å²) in [5, 5.41) is 0.340. The van der Waals surface area contributed by atoms with E-state index in [0.717, 1.165) is 0 Å². The Morgan fingerprint density at radius 1 is 1.17 bits per heavy atom. The zero-order valence-corrected chi connectivity index (χ0v) is 18.5. The van der Waals surface area contributed by atoms with Gasteiger partial charge in [0.2, 0.25) is 0 Å². The van der Waals surface area contributed by atoms with Crippen LogP contribution >= 0.6 is 11.6 Å². The highest BCUT2D eigenvalue weighted by atomic mass is 35.5. The molecule has 156 valence electrons. The van der Waals surface area contributed by atoms with Crippen molar-refractivity contribution in [3.63, 3.8) is 0 Å². The van der Waals surface area contributed by atoms with Gasteiger partial charge in [-0.05, 0) is 52.3 Å². The molecule has 2 rings (SSSR count). The number of hydrogen-bond donors (Lipinski definition) is 0. The summed E-state index contributed by atoms with van der Waals surface area (Å²) in [5.74, 6) is -1.01. The number of aromatic nitrogens is 1. The lowest BCUT2D eigenvalue weighted by atomic mass is 9.99. The van der Waals surface area contributed by atoms with Gasteiger partial charge in [-0.15, -0.1) is 0 Å². The van der Waals surface area contributed by atoms with E-state index in [9.17, 15) is 14.4 Å². The average Bonchev–Trinajstić information content (AvgIpc) is 2.90. The van der Waals surface area contributed by atoms with Gasteiger partial charge >= 0.3 is 5.97 Å². The number of ketones is 1. The van der Waals surface area contributed by atoms with Crippen LogP contribution in [0.1, 0.15) is 63.2 Å². The maximum Gasteiger partial charge on any atom is 0.355 e. The summed E-state index contributed by atoms with van der Waals surface area (Å²) in [6.07, 6.45) is 0. The highest BCUT2D eigenvalue weighted by Crippen LogP contribution is 2.26. The Morgan fingerprint density at radius 3 is 2.34 bits per heavy atom. The molecule has 0 aliphatic carbocycles. The van der Waals surface area contributed by atoms with E-state index in [-0.39, 0.29) is 18.3 Å². The summed E-state index contributed by atoms with van der Waals surface area (Å²) >= 11 is 6.17. The molecule has 0 spiro atoms. The number of esters is 1.